The molecule has 0 N–H and O–H groups in total. The number of nitrogens with zero attached hydrogens (tertiary/aromatic N) is 1. The van der Waals surface area contributed by atoms with E-state index in [2.05, 4.69) is 47.0 Å². The van der Waals surface area contributed by atoms with Gasteiger partial charge in [-0.3, -0.25) is 4.18 Å². The molecule has 0 amide bonds. The van der Waals surface area contributed by atoms with E-state index in [1.54, 1.807) is 0 Å². The normalized spacial score (nSPS) is 10.5. The van der Waals surface area contributed by atoms with E-state index in [1.165, 1.54) is 12.6 Å². The molecular weight excluding hydrogens is 230 g/mol. The zero-order chi connectivity index (χ0) is 12.6. The number of aromatic nitrogens is 1. The van der Waals surface area contributed by atoms with Crippen molar-refractivity contribution in [1.82, 2.24) is 0 Å². The van der Waals surface area contributed by atoms with Crippen LogP contribution in [0.4, 0.5) is 0 Å². The first-order chi connectivity index (χ1) is 7.40. The van der Waals surface area contributed by atoms with Crippen LogP contribution in [-0.4, -0.2) is 19.6 Å². The lowest BCUT2D eigenvalue weighted by Gasteiger charge is -2.02. The van der Waals surface area contributed by atoms with Crippen molar-refractivity contribution in [2.24, 2.45) is 0 Å². The second-order valence-electron chi connectivity index (χ2n) is 2.94. The van der Waals surface area contributed by atoms with Gasteiger partial charge in [0.1, 0.15) is 6.54 Å². The quantitative estimate of drug-likeness (QED) is 0.450. The molecule has 0 atom stereocenters. The zero-order valence-electron chi connectivity index (χ0n) is 9.71. The Morgan fingerprint density at radius 1 is 1.38 bits per heavy atom. The van der Waals surface area contributed by atoms with Crippen LogP contribution in [0.1, 0.15) is 19.5 Å². The Hall–Kier alpha value is -0.980. The van der Waals surface area contributed by atoms with Gasteiger partial charge in [-0.15, -0.1) is 0 Å². The highest BCUT2D eigenvalue weighted by Crippen LogP contribution is 1.85. The number of pyridine rings is 1. The summed E-state index contributed by atoms with van der Waals surface area (Å²) in [5, 5.41) is 0. The van der Waals surface area contributed by atoms with Crippen LogP contribution in [0.15, 0.2) is 24.4 Å². The predicted molar refractivity (Wildman–Crippen MR) is 58.4 cm³/mol. The third-order valence-corrected chi connectivity index (χ3v) is 2.29. The van der Waals surface area contributed by atoms with Crippen molar-refractivity contribution in [2.75, 3.05) is 6.61 Å². The number of rotatable bonds is 3. The fourth-order valence-corrected chi connectivity index (χ4v) is 1.35. The van der Waals surface area contributed by atoms with Crippen molar-refractivity contribution in [1.29, 1.82) is 0 Å². The molecule has 0 saturated carbocycles. The maximum atomic E-state index is 9.45. The lowest BCUT2D eigenvalue weighted by molar-refractivity contribution is -0.699. The van der Waals surface area contributed by atoms with Crippen LogP contribution in [-0.2, 0) is 21.1 Å². The Labute approximate surface area is 96.6 Å². The molecule has 1 aromatic heterocycles. The topological polar surface area (TPSA) is 70.3 Å². The van der Waals surface area contributed by atoms with Gasteiger partial charge in [-0.25, -0.2) is 13.0 Å². The first-order valence-corrected chi connectivity index (χ1v) is 6.29. The van der Waals surface area contributed by atoms with Crippen molar-refractivity contribution in [2.45, 2.75) is 27.3 Å². The molecule has 0 aliphatic rings. The lowest BCUT2D eigenvalue weighted by atomic mass is 10.4. The third-order valence-electron chi connectivity index (χ3n) is 1.77. The molecule has 6 heteroatoms. The minimum Gasteiger partial charge on any atom is -0.726 e. The largest absolute Gasteiger partial charge is 0.726 e. The maximum absolute atomic E-state index is 9.45. The van der Waals surface area contributed by atoms with Gasteiger partial charge in [0, 0.05) is 19.1 Å². The Morgan fingerprint density at radius 3 is 2.25 bits per heavy atom. The number of aryl methyl sites for hydroxylation is 2. The molecule has 0 saturated heterocycles. The van der Waals surface area contributed by atoms with Crippen molar-refractivity contribution in [3.05, 3.63) is 30.1 Å². The molecule has 5 nitrogen and oxygen atoms in total. The van der Waals surface area contributed by atoms with Crippen LogP contribution < -0.4 is 4.57 Å². The van der Waals surface area contributed by atoms with E-state index in [0.29, 0.717) is 0 Å². The summed E-state index contributed by atoms with van der Waals surface area (Å²) in [5.74, 6) is 0. The monoisotopic (exact) mass is 247 g/mol. The molecule has 1 rings (SSSR count). The van der Waals surface area contributed by atoms with E-state index in [1.807, 2.05) is 0 Å². The summed E-state index contributed by atoms with van der Waals surface area (Å²) in [6.45, 7) is 6.66. The summed E-state index contributed by atoms with van der Waals surface area (Å²) in [6, 6.07) is 6.22. The van der Waals surface area contributed by atoms with Gasteiger partial charge in [0.25, 0.3) is 0 Å². The minimum absolute atomic E-state index is 0.0914. The molecule has 0 radical (unpaired) electrons. The molecule has 0 unspecified atom stereocenters. The molecule has 92 valence electrons. The zero-order valence-corrected chi connectivity index (χ0v) is 10.5. The molecule has 16 heavy (non-hydrogen) atoms. The SMILES string of the molecule is CCOS(=O)(=O)[O-].CC[n+]1ccccc1C. The van der Waals surface area contributed by atoms with Gasteiger partial charge in [-0.2, -0.15) is 0 Å². The van der Waals surface area contributed by atoms with Gasteiger partial charge < -0.3 is 4.55 Å². The fraction of sp³-hybridized carbons (Fsp3) is 0.500. The highest BCUT2D eigenvalue weighted by Gasteiger charge is 1.96. The van der Waals surface area contributed by atoms with Gasteiger partial charge in [-0.05, 0) is 13.8 Å². The third kappa shape index (κ3) is 7.33. The van der Waals surface area contributed by atoms with E-state index >= 15 is 0 Å². The summed E-state index contributed by atoms with van der Waals surface area (Å²) in [6.07, 6.45) is 2.09. The molecule has 1 aromatic rings. The van der Waals surface area contributed by atoms with Crippen LogP contribution in [0.3, 0.4) is 0 Å². The summed E-state index contributed by atoms with van der Waals surface area (Å²) in [7, 11) is -4.42. The molecule has 0 fully saturated rings. The van der Waals surface area contributed by atoms with E-state index in [-0.39, 0.29) is 6.61 Å². The second kappa shape index (κ2) is 7.32. The fourth-order valence-electron chi connectivity index (χ4n) is 1.06. The van der Waals surface area contributed by atoms with Crippen LogP contribution in [0, 0.1) is 6.92 Å². The van der Waals surface area contributed by atoms with E-state index < -0.39 is 10.4 Å². The second-order valence-corrected chi connectivity index (χ2v) is 4.00. The van der Waals surface area contributed by atoms with Crippen molar-refractivity contribution >= 4 is 10.4 Å². The van der Waals surface area contributed by atoms with Gasteiger partial charge in [-0.1, -0.05) is 6.07 Å². The van der Waals surface area contributed by atoms with Crippen molar-refractivity contribution < 1.29 is 21.7 Å². The molecule has 0 aromatic carbocycles. The molecule has 0 bridgehead atoms. The Morgan fingerprint density at radius 2 is 2.00 bits per heavy atom. The van der Waals surface area contributed by atoms with Gasteiger partial charge in [0.2, 0.25) is 10.4 Å². The first-order valence-electron chi connectivity index (χ1n) is 4.96. The maximum Gasteiger partial charge on any atom is 0.217 e. The Balaban J connectivity index is 0.000000293. The van der Waals surface area contributed by atoms with Crippen LogP contribution in [0.25, 0.3) is 0 Å². The average molecular weight is 247 g/mol. The van der Waals surface area contributed by atoms with Gasteiger partial charge in [0.05, 0.1) is 6.61 Å². The highest BCUT2D eigenvalue weighted by atomic mass is 32.3. The Kier molecular flexibility index (Phi) is 6.87. The van der Waals surface area contributed by atoms with Gasteiger partial charge in [0.15, 0.2) is 11.9 Å². The first kappa shape index (κ1) is 15.0. The molecule has 0 spiro atoms. The minimum atomic E-state index is -4.42. The van der Waals surface area contributed by atoms with Crippen molar-refractivity contribution in [3.8, 4) is 0 Å². The van der Waals surface area contributed by atoms with Crippen LogP contribution in [0.2, 0.25) is 0 Å². The molecular formula is C10H17NO4S. The summed E-state index contributed by atoms with van der Waals surface area (Å²) in [4.78, 5) is 0. The average Bonchev–Trinajstić information content (AvgIpc) is 2.17. The van der Waals surface area contributed by atoms with E-state index in [0.717, 1.165) is 6.54 Å². The lowest BCUT2D eigenvalue weighted by Crippen LogP contribution is -2.34. The summed E-state index contributed by atoms with van der Waals surface area (Å²) < 4.78 is 34.2. The molecule has 1 heterocycles. The summed E-state index contributed by atoms with van der Waals surface area (Å²) in [5.41, 5.74) is 1.32. The predicted octanol–water partition coefficient (Wildman–Crippen LogP) is 0.786. The van der Waals surface area contributed by atoms with Gasteiger partial charge >= 0.3 is 0 Å². The van der Waals surface area contributed by atoms with Crippen LogP contribution >= 0.6 is 0 Å². The van der Waals surface area contributed by atoms with Crippen molar-refractivity contribution in [3.63, 3.8) is 0 Å². The van der Waals surface area contributed by atoms with Crippen LogP contribution in [0.5, 0.6) is 0 Å². The standard InChI is InChI=1S/C8H12N.C2H6O4S/c1-3-9-7-5-4-6-8(9)2;1-2-6-7(3,4)5/h4-7H,3H2,1-2H3;2H2,1H3,(H,3,4,5)/q+1;/p-1. The van der Waals surface area contributed by atoms with E-state index in [9.17, 15) is 13.0 Å². The van der Waals surface area contributed by atoms with E-state index in [4.69, 9.17) is 0 Å². The molecule has 0 aliphatic heterocycles. The number of hydrogen-bond acceptors (Lipinski definition) is 4. The Bertz CT molecular complexity index is 403. The highest BCUT2D eigenvalue weighted by molar-refractivity contribution is 7.80. The smallest absolute Gasteiger partial charge is 0.217 e. The number of hydrogen-bond donors (Lipinski definition) is 0. The molecule has 0 aliphatic carbocycles. The summed E-state index contributed by atoms with van der Waals surface area (Å²) >= 11 is 0.